The summed E-state index contributed by atoms with van der Waals surface area (Å²) >= 11 is 0. The predicted molar refractivity (Wildman–Crippen MR) is 76.8 cm³/mol. The second-order valence-corrected chi connectivity index (χ2v) is 4.96. The molecule has 3 nitrogen and oxygen atoms in total. The first-order valence-corrected chi connectivity index (χ1v) is 6.46. The summed E-state index contributed by atoms with van der Waals surface area (Å²) in [6.07, 6.45) is 2.28. The Morgan fingerprint density at radius 3 is 2.47 bits per heavy atom. The van der Waals surface area contributed by atoms with Gasteiger partial charge in [-0.3, -0.25) is 0 Å². The van der Waals surface area contributed by atoms with Crippen LogP contribution >= 0.6 is 0 Å². The molecule has 0 bridgehead atoms. The van der Waals surface area contributed by atoms with E-state index in [1.165, 1.54) is 21.9 Å². The van der Waals surface area contributed by atoms with Crippen molar-refractivity contribution in [1.82, 2.24) is 10.2 Å². The zero-order valence-corrected chi connectivity index (χ0v) is 10.4. The van der Waals surface area contributed by atoms with Crippen molar-refractivity contribution >= 4 is 16.6 Å². The largest absolute Gasteiger partial charge is 0.382 e. The van der Waals surface area contributed by atoms with Crippen molar-refractivity contribution in [2.45, 2.75) is 12.8 Å². The molecule has 2 N–H and O–H groups in total. The minimum absolute atomic E-state index is 0.453. The molecule has 0 amide bonds. The molecule has 1 aromatic heterocycles. The smallest absolute Gasteiger partial charge is 0.146 e. The van der Waals surface area contributed by atoms with Gasteiger partial charge in [-0.1, -0.05) is 30.3 Å². The molecule has 0 saturated heterocycles. The highest BCUT2D eigenvalue weighted by molar-refractivity contribution is 6.00. The van der Waals surface area contributed by atoms with Gasteiger partial charge in [0.1, 0.15) is 5.82 Å². The molecule has 1 aliphatic carbocycles. The second-order valence-electron chi connectivity index (χ2n) is 4.96. The molecule has 92 valence electrons. The number of aryl methyl sites for hydroxylation is 2. The van der Waals surface area contributed by atoms with E-state index < -0.39 is 0 Å². The molecule has 0 aliphatic heterocycles. The van der Waals surface area contributed by atoms with Crippen LogP contribution in [-0.2, 0) is 12.8 Å². The Hall–Kier alpha value is -2.42. The molecule has 0 spiro atoms. The number of nitrogens with zero attached hydrogens (tertiary/aromatic N) is 2. The first kappa shape index (κ1) is 10.5. The molecular formula is C16H13N3. The van der Waals surface area contributed by atoms with Gasteiger partial charge < -0.3 is 5.73 Å². The number of hydrogen-bond donors (Lipinski definition) is 1. The van der Waals surface area contributed by atoms with Crippen LogP contribution in [0, 0.1) is 0 Å². The van der Waals surface area contributed by atoms with Crippen molar-refractivity contribution in [3.63, 3.8) is 0 Å². The minimum atomic E-state index is 0.453. The third kappa shape index (κ3) is 1.51. The Balaban J connectivity index is 2.04. The van der Waals surface area contributed by atoms with Gasteiger partial charge in [0.25, 0.3) is 0 Å². The number of anilines is 1. The first-order chi connectivity index (χ1) is 9.33. The summed E-state index contributed by atoms with van der Waals surface area (Å²) in [5, 5.41) is 10.8. The van der Waals surface area contributed by atoms with Crippen LogP contribution in [0.2, 0.25) is 0 Å². The van der Waals surface area contributed by atoms with E-state index in [1.54, 1.807) is 6.07 Å². The average Bonchev–Trinajstić information content (AvgIpc) is 2.86. The SMILES string of the molecule is Nc1ccc(-c2ccc3c4c(cccc24)CC3)nn1. The fraction of sp³-hybridized carbons (Fsp3) is 0.125. The van der Waals surface area contributed by atoms with Crippen molar-refractivity contribution in [2.24, 2.45) is 0 Å². The van der Waals surface area contributed by atoms with Crippen LogP contribution in [0.4, 0.5) is 5.82 Å². The normalized spacial score (nSPS) is 13.1. The van der Waals surface area contributed by atoms with Gasteiger partial charge in [0, 0.05) is 5.56 Å². The van der Waals surface area contributed by atoms with Crippen LogP contribution in [0.1, 0.15) is 11.1 Å². The van der Waals surface area contributed by atoms with Gasteiger partial charge in [0.2, 0.25) is 0 Å². The molecule has 19 heavy (non-hydrogen) atoms. The molecule has 3 aromatic rings. The summed E-state index contributed by atoms with van der Waals surface area (Å²) in [4.78, 5) is 0. The zero-order valence-electron chi connectivity index (χ0n) is 10.4. The molecule has 0 radical (unpaired) electrons. The van der Waals surface area contributed by atoms with Gasteiger partial charge in [-0.05, 0) is 46.9 Å². The first-order valence-electron chi connectivity index (χ1n) is 6.46. The van der Waals surface area contributed by atoms with E-state index in [-0.39, 0.29) is 0 Å². The van der Waals surface area contributed by atoms with Crippen LogP contribution in [0.15, 0.2) is 42.5 Å². The van der Waals surface area contributed by atoms with Crippen molar-refractivity contribution in [2.75, 3.05) is 5.73 Å². The van der Waals surface area contributed by atoms with Gasteiger partial charge in [0.05, 0.1) is 5.69 Å². The maximum Gasteiger partial charge on any atom is 0.146 e. The van der Waals surface area contributed by atoms with E-state index >= 15 is 0 Å². The van der Waals surface area contributed by atoms with Crippen LogP contribution < -0.4 is 5.73 Å². The van der Waals surface area contributed by atoms with Crippen LogP contribution in [-0.4, -0.2) is 10.2 Å². The van der Waals surface area contributed by atoms with E-state index in [9.17, 15) is 0 Å². The Bertz CT molecular complexity index is 766. The molecule has 1 aliphatic rings. The van der Waals surface area contributed by atoms with Crippen LogP contribution in [0.25, 0.3) is 22.0 Å². The van der Waals surface area contributed by atoms with Gasteiger partial charge in [-0.15, -0.1) is 10.2 Å². The number of nitrogens with two attached hydrogens (primary N) is 1. The molecule has 0 atom stereocenters. The van der Waals surface area contributed by atoms with E-state index in [0.29, 0.717) is 5.82 Å². The Labute approximate surface area is 111 Å². The van der Waals surface area contributed by atoms with E-state index in [4.69, 9.17) is 5.73 Å². The summed E-state index contributed by atoms with van der Waals surface area (Å²) in [6, 6.07) is 14.6. The Morgan fingerprint density at radius 2 is 1.68 bits per heavy atom. The molecule has 4 rings (SSSR count). The monoisotopic (exact) mass is 247 g/mol. The quantitative estimate of drug-likeness (QED) is 0.719. The molecule has 0 saturated carbocycles. The van der Waals surface area contributed by atoms with E-state index in [0.717, 1.165) is 24.1 Å². The fourth-order valence-electron chi connectivity index (χ4n) is 2.96. The van der Waals surface area contributed by atoms with Crippen LogP contribution in [0.3, 0.4) is 0 Å². The molecule has 2 aromatic carbocycles. The van der Waals surface area contributed by atoms with Crippen molar-refractivity contribution in [3.8, 4) is 11.3 Å². The van der Waals surface area contributed by atoms with Crippen molar-refractivity contribution in [1.29, 1.82) is 0 Å². The summed E-state index contributed by atoms with van der Waals surface area (Å²) in [7, 11) is 0. The maximum absolute atomic E-state index is 5.60. The highest BCUT2D eigenvalue weighted by Gasteiger charge is 2.16. The Morgan fingerprint density at radius 1 is 0.842 bits per heavy atom. The molecule has 1 heterocycles. The predicted octanol–water partition coefficient (Wildman–Crippen LogP) is 2.98. The number of aromatic nitrogens is 2. The van der Waals surface area contributed by atoms with E-state index in [1.807, 2.05) is 6.07 Å². The second kappa shape index (κ2) is 3.79. The summed E-state index contributed by atoms with van der Waals surface area (Å²) < 4.78 is 0. The number of hydrogen-bond acceptors (Lipinski definition) is 3. The number of nitrogen functional groups attached to an aromatic ring is 1. The molecule has 0 fully saturated rings. The van der Waals surface area contributed by atoms with Crippen LogP contribution in [0.5, 0.6) is 0 Å². The average molecular weight is 247 g/mol. The standard InChI is InChI=1S/C16H13N3/c17-15-9-8-14(18-19-15)12-7-6-11-5-4-10-2-1-3-13(12)16(10)11/h1-3,6-9H,4-5H2,(H2,17,19). The highest BCUT2D eigenvalue weighted by atomic mass is 15.1. The summed E-state index contributed by atoms with van der Waals surface area (Å²) in [5.74, 6) is 0.453. The lowest BCUT2D eigenvalue weighted by atomic mass is 9.98. The van der Waals surface area contributed by atoms with Gasteiger partial charge >= 0.3 is 0 Å². The fourth-order valence-corrected chi connectivity index (χ4v) is 2.96. The molecule has 0 unspecified atom stereocenters. The Kier molecular flexibility index (Phi) is 2.09. The number of rotatable bonds is 1. The molecule has 3 heteroatoms. The van der Waals surface area contributed by atoms with Gasteiger partial charge in [0.15, 0.2) is 0 Å². The third-order valence-corrected chi connectivity index (χ3v) is 3.84. The minimum Gasteiger partial charge on any atom is -0.382 e. The summed E-state index contributed by atoms with van der Waals surface area (Å²) in [6.45, 7) is 0. The van der Waals surface area contributed by atoms with Gasteiger partial charge in [-0.25, -0.2) is 0 Å². The van der Waals surface area contributed by atoms with E-state index in [2.05, 4.69) is 40.5 Å². The molecular weight excluding hydrogens is 234 g/mol. The maximum atomic E-state index is 5.60. The van der Waals surface area contributed by atoms with Crippen molar-refractivity contribution < 1.29 is 0 Å². The lowest BCUT2D eigenvalue weighted by molar-refractivity contribution is 1.02. The van der Waals surface area contributed by atoms with Crippen molar-refractivity contribution in [3.05, 3.63) is 53.6 Å². The third-order valence-electron chi connectivity index (χ3n) is 3.84. The topological polar surface area (TPSA) is 51.8 Å². The van der Waals surface area contributed by atoms with Gasteiger partial charge in [-0.2, -0.15) is 0 Å². The number of benzene rings is 2. The highest BCUT2D eigenvalue weighted by Crippen LogP contribution is 2.36. The zero-order chi connectivity index (χ0) is 12.8. The summed E-state index contributed by atoms with van der Waals surface area (Å²) in [5.41, 5.74) is 10.5. The lowest BCUT2D eigenvalue weighted by Crippen LogP contribution is -1.94. The lowest BCUT2D eigenvalue weighted by Gasteiger charge is -2.08.